The lowest BCUT2D eigenvalue weighted by atomic mass is 9.77. The van der Waals surface area contributed by atoms with Crippen molar-refractivity contribution in [1.82, 2.24) is 4.90 Å². The molecule has 5 atom stereocenters. The largest absolute Gasteiger partial charge is 0.391 e. The van der Waals surface area contributed by atoms with Gasteiger partial charge in [-0.2, -0.15) is 0 Å². The van der Waals surface area contributed by atoms with E-state index in [1.165, 1.54) is 0 Å². The van der Waals surface area contributed by atoms with Crippen molar-refractivity contribution >= 4 is 5.91 Å². The van der Waals surface area contributed by atoms with E-state index in [0.717, 1.165) is 44.9 Å². The molecular formula is C15H28N2O2. The van der Waals surface area contributed by atoms with Crippen LogP contribution < -0.4 is 5.73 Å². The summed E-state index contributed by atoms with van der Waals surface area (Å²) in [5.41, 5.74) is 5.96. The molecule has 5 unspecified atom stereocenters. The van der Waals surface area contributed by atoms with Gasteiger partial charge in [-0.25, -0.2) is 0 Å². The molecule has 0 radical (unpaired) electrons. The summed E-state index contributed by atoms with van der Waals surface area (Å²) in [4.78, 5) is 14.5. The second kappa shape index (κ2) is 6.23. The van der Waals surface area contributed by atoms with Crippen molar-refractivity contribution in [1.29, 1.82) is 0 Å². The highest BCUT2D eigenvalue weighted by Crippen LogP contribution is 2.32. The first-order valence-corrected chi connectivity index (χ1v) is 7.71. The van der Waals surface area contributed by atoms with Gasteiger partial charge in [-0.15, -0.1) is 0 Å². The Kier molecular flexibility index (Phi) is 4.85. The average molecular weight is 268 g/mol. The summed E-state index contributed by atoms with van der Waals surface area (Å²) in [5, 5.41) is 10.1. The molecule has 0 aliphatic heterocycles. The predicted octanol–water partition coefficient (Wildman–Crippen LogP) is 1.51. The number of hydrogen-bond acceptors (Lipinski definition) is 3. The Morgan fingerprint density at radius 3 is 2.53 bits per heavy atom. The highest BCUT2D eigenvalue weighted by Gasteiger charge is 2.36. The number of likely N-dealkylation sites (N-methyl/N-ethyl adjacent to an activating group) is 1. The minimum Gasteiger partial charge on any atom is -0.391 e. The summed E-state index contributed by atoms with van der Waals surface area (Å²) in [6, 6.07) is 0.272. The zero-order chi connectivity index (χ0) is 14.0. The third kappa shape index (κ3) is 3.29. The molecule has 0 spiro atoms. The summed E-state index contributed by atoms with van der Waals surface area (Å²) in [6.45, 7) is 2.13. The van der Waals surface area contributed by atoms with E-state index < -0.39 is 0 Å². The van der Waals surface area contributed by atoms with Crippen LogP contribution in [0.1, 0.15) is 51.9 Å². The first-order chi connectivity index (χ1) is 9.00. The summed E-state index contributed by atoms with van der Waals surface area (Å²) in [6.07, 6.45) is 6.40. The fourth-order valence-corrected chi connectivity index (χ4v) is 3.77. The molecule has 2 aliphatic rings. The highest BCUT2D eigenvalue weighted by molar-refractivity contribution is 5.79. The number of amides is 1. The molecule has 110 valence electrons. The summed E-state index contributed by atoms with van der Waals surface area (Å²) >= 11 is 0. The van der Waals surface area contributed by atoms with Gasteiger partial charge in [0, 0.05) is 19.0 Å². The van der Waals surface area contributed by atoms with Crippen molar-refractivity contribution in [3.63, 3.8) is 0 Å². The van der Waals surface area contributed by atoms with Gasteiger partial charge in [0.05, 0.1) is 12.1 Å². The van der Waals surface area contributed by atoms with Crippen LogP contribution >= 0.6 is 0 Å². The Bertz CT molecular complexity index is 321. The number of rotatable bonds is 2. The number of aliphatic hydroxyl groups is 1. The van der Waals surface area contributed by atoms with Gasteiger partial charge in [0.1, 0.15) is 0 Å². The lowest BCUT2D eigenvalue weighted by Gasteiger charge is -2.40. The van der Waals surface area contributed by atoms with Gasteiger partial charge < -0.3 is 15.7 Å². The van der Waals surface area contributed by atoms with E-state index in [0.29, 0.717) is 5.92 Å². The number of aliphatic hydroxyl groups excluding tert-OH is 1. The Morgan fingerprint density at radius 1 is 1.21 bits per heavy atom. The average Bonchev–Trinajstić information content (AvgIpc) is 2.38. The van der Waals surface area contributed by atoms with Crippen molar-refractivity contribution in [3.05, 3.63) is 0 Å². The molecule has 19 heavy (non-hydrogen) atoms. The van der Waals surface area contributed by atoms with E-state index in [-0.39, 0.29) is 30.0 Å². The fourth-order valence-electron chi connectivity index (χ4n) is 3.77. The van der Waals surface area contributed by atoms with E-state index in [1.54, 1.807) is 0 Å². The monoisotopic (exact) mass is 268 g/mol. The maximum atomic E-state index is 12.6. The number of nitrogens with zero attached hydrogens (tertiary/aromatic N) is 1. The van der Waals surface area contributed by atoms with Crippen LogP contribution in [-0.4, -0.2) is 41.1 Å². The van der Waals surface area contributed by atoms with E-state index in [1.807, 2.05) is 11.9 Å². The maximum Gasteiger partial charge on any atom is 0.226 e. The molecule has 4 nitrogen and oxygen atoms in total. The molecule has 0 aromatic heterocycles. The number of hydrogen-bond donors (Lipinski definition) is 2. The first-order valence-electron chi connectivity index (χ1n) is 7.71. The van der Waals surface area contributed by atoms with Crippen LogP contribution in [0.3, 0.4) is 0 Å². The minimum atomic E-state index is -0.344. The van der Waals surface area contributed by atoms with Crippen LogP contribution in [-0.2, 0) is 4.79 Å². The molecule has 1 amide bonds. The third-order valence-electron chi connectivity index (χ3n) is 5.07. The molecule has 2 rings (SSSR count). The van der Waals surface area contributed by atoms with Crippen LogP contribution in [0.2, 0.25) is 0 Å². The normalized spacial score (nSPS) is 39.9. The molecule has 2 aliphatic carbocycles. The van der Waals surface area contributed by atoms with Gasteiger partial charge in [0.25, 0.3) is 0 Å². The smallest absolute Gasteiger partial charge is 0.226 e. The molecule has 0 aromatic rings. The predicted molar refractivity (Wildman–Crippen MR) is 75.5 cm³/mol. The molecule has 4 heteroatoms. The number of nitrogens with two attached hydrogens (primary N) is 1. The molecule has 2 fully saturated rings. The molecule has 0 bridgehead atoms. The van der Waals surface area contributed by atoms with Crippen LogP contribution in [0, 0.1) is 11.8 Å². The van der Waals surface area contributed by atoms with Crippen molar-refractivity contribution in [3.8, 4) is 0 Å². The topological polar surface area (TPSA) is 66.6 Å². The standard InChI is InChI=1S/C15H28N2O2/c1-10-9-11(16)7-8-12(10)15(19)17(2)13-5-3-4-6-14(13)18/h10-14,18H,3-9,16H2,1-2H3. The molecule has 2 saturated carbocycles. The van der Waals surface area contributed by atoms with E-state index in [2.05, 4.69) is 6.92 Å². The zero-order valence-corrected chi connectivity index (χ0v) is 12.2. The Balaban J connectivity index is 1.98. The number of carbonyl (C=O) groups excluding carboxylic acids is 1. The minimum absolute atomic E-state index is 0.0176. The third-order valence-corrected chi connectivity index (χ3v) is 5.07. The lowest BCUT2D eigenvalue weighted by molar-refractivity contribution is -0.142. The molecule has 0 aromatic carbocycles. The second-order valence-electron chi connectivity index (χ2n) is 6.53. The SMILES string of the molecule is CC1CC(N)CCC1C(=O)N(C)C1CCCCC1O. The van der Waals surface area contributed by atoms with Crippen LogP contribution in [0.15, 0.2) is 0 Å². The summed E-state index contributed by atoms with van der Waals surface area (Å²) in [7, 11) is 1.86. The summed E-state index contributed by atoms with van der Waals surface area (Å²) < 4.78 is 0. The number of carbonyl (C=O) groups is 1. The Hall–Kier alpha value is -0.610. The van der Waals surface area contributed by atoms with Crippen LogP contribution in [0.4, 0.5) is 0 Å². The first kappa shape index (κ1) is 14.8. The molecular weight excluding hydrogens is 240 g/mol. The molecule has 3 N–H and O–H groups in total. The summed E-state index contributed by atoms with van der Waals surface area (Å²) in [5.74, 6) is 0.670. The van der Waals surface area contributed by atoms with Gasteiger partial charge in [0.2, 0.25) is 5.91 Å². The van der Waals surface area contributed by atoms with Crippen LogP contribution in [0.25, 0.3) is 0 Å². The highest BCUT2D eigenvalue weighted by atomic mass is 16.3. The van der Waals surface area contributed by atoms with E-state index in [9.17, 15) is 9.90 Å². The maximum absolute atomic E-state index is 12.6. The van der Waals surface area contributed by atoms with E-state index >= 15 is 0 Å². The van der Waals surface area contributed by atoms with Crippen molar-refractivity contribution in [2.24, 2.45) is 17.6 Å². The Labute approximate surface area is 116 Å². The van der Waals surface area contributed by atoms with E-state index in [4.69, 9.17) is 5.73 Å². The van der Waals surface area contributed by atoms with Gasteiger partial charge in [-0.1, -0.05) is 19.8 Å². The van der Waals surface area contributed by atoms with Crippen LogP contribution in [0.5, 0.6) is 0 Å². The molecule has 0 heterocycles. The van der Waals surface area contributed by atoms with Gasteiger partial charge in [-0.05, 0) is 38.0 Å². The second-order valence-corrected chi connectivity index (χ2v) is 6.53. The Morgan fingerprint density at radius 2 is 1.89 bits per heavy atom. The van der Waals surface area contributed by atoms with Gasteiger partial charge in [-0.3, -0.25) is 4.79 Å². The van der Waals surface area contributed by atoms with Crippen molar-refractivity contribution < 1.29 is 9.90 Å². The zero-order valence-electron chi connectivity index (χ0n) is 12.2. The lowest BCUT2D eigenvalue weighted by Crippen LogP contribution is -2.50. The van der Waals surface area contributed by atoms with Crippen molar-refractivity contribution in [2.45, 2.75) is 70.1 Å². The quantitative estimate of drug-likeness (QED) is 0.798. The molecule has 0 saturated heterocycles. The van der Waals surface area contributed by atoms with Gasteiger partial charge >= 0.3 is 0 Å². The van der Waals surface area contributed by atoms with Crippen molar-refractivity contribution in [2.75, 3.05) is 7.05 Å². The fraction of sp³-hybridized carbons (Fsp3) is 0.933. The van der Waals surface area contributed by atoms with Gasteiger partial charge in [0.15, 0.2) is 0 Å².